The summed E-state index contributed by atoms with van der Waals surface area (Å²) in [6.45, 7) is 11.7. The van der Waals surface area contributed by atoms with Gasteiger partial charge in [-0.15, -0.1) is 0 Å². The summed E-state index contributed by atoms with van der Waals surface area (Å²) in [4.78, 5) is 16.6. The first-order valence-corrected chi connectivity index (χ1v) is 8.67. The summed E-state index contributed by atoms with van der Waals surface area (Å²) in [7, 11) is 0. The molecule has 0 radical (unpaired) electrons. The fourth-order valence-electron chi connectivity index (χ4n) is 3.47. The smallest absolute Gasteiger partial charge is 0.410 e. The Hall–Kier alpha value is -1.55. The molecule has 0 bridgehead atoms. The molecule has 126 valence electrons. The first kappa shape index (κ1) is 16.3. The van der Waals surface area contributed by atoms with Crippen LogP contribution in [-0.2, 0) is 17.8 Å². The number of ether oxygens (including phenoxy) is 1. The molecule has 3 rings (SSSR count). The first-order valence-electron chi connectivity index (χ1n) is 8.67. The van der Waals surface area contributed by atoms with E-state index in [1.54, 1.807) is 4.90 Å². The van der Waals surface area contributed by atoms with Crippen molar-refractivity contribution < 1.29 is 9.53 Å². The van der Waals surface area contributed by atoms with Crippen LogP contribution >= 0.6 is 0 Å². The maximum Gasteiger partial charge on any atom is 0.410 e. The molecule has 0 saturated carbocycles. The number of carbonyl (C=O) groups is 1. The van der Waals surface area contributed by atoms with Gasteiger partial charge in [0.15, 0.2) is 0 Å². The fourth-order valence-corrected chi connectivity index (χ4v) is 3.47. The third-order valence-corrected chi connectivity index (χ3v) is 4.78. The average Bonchev–Trinajstić information content (AvgIpc) is 3.13. The van der Waals surface area contributed by atoms with Gasteiger partial charge in [-0.2, -0.15) is 0 Å². The summed E-state index contributed by atoms with van der Waals surface area (Å²) in [5, 5.41) is 0. The van der Waals surface area contributed by atoms with Gasteiger partial charge in [0.1, 0.15) is 5.60 Å². The number of benzene rings is 1. The molecule has 2 heterocycles. The monoisotopic (exact) mass is 316 g/mol. The predicted octanol–water partition coefficient (Wildman–Crippen LogP) is 4.09. The second kappa shape index (κ2) is 6.16. The molecule has 4 nitrogen and oxygen atoms in total. The molecule has 0 N–H and O–H groups in total. The van der Waals surface area contributed by atoms with E-state index in [0.717, 1.165) is 0 Å². The molecule has 1 fully saturated rings. The van der Waals surface area contributed by atoms with Gasteiger partial charge >= 0.3 is 6.09 Å². The molecular weight excluding hydrogens is 288 g/mol. The van der Waals surface area contributed by atoms with Crippen molar-refractivity contribution in [1.82, 2.24) is 9.80 Å². The Bertz CT molecular complexity index is 586. The van der Waals surface area contributed by atoms with Gasteiger partial charge in [-0.1, -0.05) is 18.2 Å². The van der Waals surface area contributed by atoms with Gasteiger partial charge in [0.2, 0.25) is 0 Å². The number of fused-ring (bicyclic) bond motifs is 1. The second-order valence-corrected chi connectivity index (χ2v) is 7.78. The van der Waals surface area contributed by atoms with Crippen LogP contribution in [0.1, 0.15) is 63.3 Å². The zero-order valence-corrected chi connectivity index (χ0v) is 14.8. The van der Waals surface area contributed by atoms with E-state index in [1.807, 2.05) is 20.8 Å². The summed E-state index contributed by atoms with van der Waals surface area (Å²) in [5.41, 5.74) is 3.42. The fraction of sp³-hybridized carbons (Fsp3) is 0.632. The SMILES string of the molecule is CC(c1ccc2c(c1)CN(C(=O)OC(C)(C)C)C2)N1CCCC1. The number of rotatable bonds is 2. The molecule has 23 heavy (non-hydrogen) atoms. The van der Waals surface area contributed by atoms with E-state index in [1.165, 1.54) is 42.6 Å². The van der Waals surface area contributed by atoms with Crippen LogP contribution < -0.4 is 0 Å². The normalized spacial score (nSPS) is 19.7. The maximum absolute atomic E-state index is 12.3. The van der Waals surface area contributed by atoms with Crippen molar-refractivity contribution in [3.8, 4) is 0 Å². The number of likely N-dealkylation sites (tertiary alicyclic amines) is 1. The van der Waals surface area contributed by atoms with Crippen LogP contribution in [0, 0.1) is 0 Å². The topological polar surface area (TPSA) is 32.8 Å². The lowest BCUT2D eigenvalue weighted by Crippen LogP contribution is -2.33. The number of amides is 1. The highest BCUT2D eigenvalue weighted by molar-refractivity contribution is 5.69. The van der Waals surface area contributed by atoms with E-state index in [9.17, 15) is 4.79 Å². The zero-order chi connectivity index (χ0) is 16.6. The van der Waals surface area contributed by atoms with Crippen LogP contribution in [0.25, 0.3) is 0 Å². The summed E-state index contributed by atoms with van der Waals surface area (Å²) in [6.07, 6.45) is 2.39. The van der Waals surface area contributed by atoms with E-state index >= 15 is 0 Å². The van der Waals surface area contributed by atoms with Crippen LogP contribution in [0.15, 0.2) is 18.2 Å². The molecular formula is C19H28N2O2. The van der Waals surface area contributed by atoms with E-state index in [4.69, 9.17) is 4.74 Å². The number of nitrogens with zero attached hydrogens (tertiary/aromatic N) is 2. The Morgan fingerprint density at radius 3 is 2.43 bits per heavy atom. The third kappa shape index (κ3) is 3.69. The lowest BCUT2D eigenvalue weighted by atomic mass is 10.0. The predicted molar refractivity (Wildman–Crippen MR) is 91.1 cm³/mol. The molecule has 2 aliphatic heterocycles. The molecule has 1 aromatic carbocycles. The highest BCUT2D eigenvalue weighted by Gasteiger charge is 2.28. The highest BCUT2D eigenvalue weighted by Crippen LogP contribution is 2.30. The van der Waals surface area contributed by atoms with Gasteiger partial charge < -0.3 is 4.74 Å². The van der Waals surface area contributed by atoms with Crippen LogP contribution in [0.5, 0.6) is 0 Å². The van der Waals surface area contributed by atoms with Gasteiger partial charge in [0.05, 0.1) is 0 Å². The van der Waals surface area contributed by atoms with Crippen LogP contribution in [0.3, 0.4) is 0 Å². The molecule has 1 aromatic rings. The van der Waals surface area contributed by atoms with Crippen molar-refractivity contribution in [1.29, 1.82) is 0 Å². The molecule has 1 unspecified atom stereocenters. The van der Waals surface area contributed by atoms with Crippen molar-refractivity contribution in [2.24, 2.45) is 0 Å². The number of carbonyl (C=O) groups excluding carboxylic acids is 1. The van der Waals surface area contributed by atoms with Gasteiger partial charge in [-0.3, -0.25) is 9.80 Å². The van der Waals surface area contributed by atoms with Crippen molar-refractivity contribution in [2.45, 2.75) is 65.3 Å². The van der Waals surface area contributed by atoms with Crippen LogP contribution in [0.2, 0.25) is 0 Å². The number of hydrogen-bond acceptors (Lipinski definition) is 3. The van der Waals surface area contributed by atoms with E-state index in [-0.39, 0.29) is 6.09 Å². The summed E-state index contributed by atoms with van der Waals surface area (Å²) >= 11 is 0. The van der Waals surface area contributed by atoms with Gasteiger partial charge in [0.25, 0.3) is 0 Å². The molecule has 0 aromatic heterocycles. The summed E-state index contributed by atoms with van der Waals surface area (Å²) < 4.78 is 5.49. The van der Waals surface area contributed by atoms with Gasteiger partial charge in [-0.05, 0) is 70.3 Å². The quantitative estimate of drug-likeness (QED) is 0.823. The summed E-state index contributed by atoms with van der Waals surface area (Å²) in [6, 6.07) is 7.14. The van der Waals surface area contributed by atoms with Crippen LogP contribution in [0.4, 0.5) is 4.79 Å². The summed E-state index contributed by atoms with van der Waals surface area (Å²) in [5.74, 6) is 0. The zero-order valence-electron chi connectivity index (χ0n) is 14.8. The molecule has 2 aliphatic rings. The van der Waals surface area contributed by atoms with Gasteiger partial charge in [0, 0.05) is 19.1 Å². The Morgan fingerprint density at radius 1 is 1.13 bits per heavy atom. The van der Waals surface area contributed by atoms with Gasteiger partial charge in [-0.25, -0.2) is 4.79 Å². The van der Waals surface area contributed by atoms with E-state index < -0.39 is 5.60 Å². The lowest BCUT2D eigenvalue weighted by Gasteiger charge is -2.24. The molecule has 0 aliphatic carbocycles. The van der Waals surface area contributed by atoms with Crippen molar-refractivity contribution in [2.75, 3.05) is 13.1 Å². The number of hydrogen-bond donors (Lipinski definition) is 0. The second-order valence-electron chi connectivity index (χ2n) is 7.78. The minimum atomic E-state index is -0.443. The van der Waals surface area contributed by atoms with Crippen LogP contribution in [-0.4, -0.2) is 34.6 Å². The van der Waals surface area contributed by atoms with Crippen molar-refractivity contribution in [3.05, 3.63) is 34.9 Å². The van der Waals surface area contributed by atoms with E-state index in [2.05, 4.69) is 30.0 Å². The largest absolute Gasteiger partial charge is 0.444 e. The molecule has 1 amide bonds. The Labute approximate surface area is 139 Å². The maximum atomic E-state index is 12.3. The molecule has 1 saturated heterocycles. The van der Waals surface area contributed by atoms with Crippen molar-refractivity contribution >= 4 is 6.09 Å². The minimum absolute atomic E-state index is 0.220. The lowest BCUT2D eigenvalue weighted by molar-refractivity contribution is 0.0242. The molecule has 1 atom stereocenters. The molecule has 0 spiro atoms. The Morgan fingerprint density at radius 2 is 1.78 bits per heavy atom. The molecule has 4 heteroatoms. The Balaban J connectivity index is 1.69. The first-order chi connectivity index (χ1) is 10.8. The standard InChI is InChI=1S/C19H28N2O2/c1-14(20-9-5-6-10-20)15-7-8-16-12-21(13-17(16)11-15)18(22)23-19(2,3)4/h7-8,11,14H,5-6,9-10,12-13H2,1-4H3. The van der Waals surface area contributed by atoms with E-state index in [0.29, 0.717) is 19.1 Å². The highest BCUT2D eigenvalue weighted by atomic mass is 16.6. The van der Waals surface area contributed by atoms with Crippen molar-refractivity contribution in [3.63, 3.8) is 0 Å². The third-order valence-electron chi connectivity index (χ3n) is 4.78. The Kier molecular flexibility index (Phi) is 4.37. The minimum Gasteiger partial charge on any atom is -0.444 e. The average molecular weight is 316 g/mol.